The number of nitrogens with zero attached hydrogens (tertiary/aromatic N) is 2. The highest BCUT2D eigenvalue weighted by Gasteiger charge is 2.41. The normalized spacial score (nSPS) is 27.2. The molecule has 5 rings (SSSR count). The van der Waals surface area contributed by atoms with Gasteiger partial charge in [-0.05, 0) is 23.9 Å². The summed E-state index contributed by atoms with van der Waals surface area (Å²) in [7, 11) is 0. The highest BCUT2D eigenvalue weighted by atomic mass is 16.5. The number of carbonyl (C=O) groups excluding carboxylic acids is 1. The molecule has 0 unspecified atom stereocenters. The highest BCUT2D eigenvalue weighted by Crippen LogP contribution is 2.38. The van der Waals surface area contributed by atoms with Gasteiger partial charge in [-0.2, -0.15) is 0 Å². The quantitative estimate of drug-likeness (QED) is 0.845. The molecule has 0 N–H and O–H groups in total. The molecular weight excluding hydrogens is 264 g/mol. The second-order valence-corrected chi connectivity index (χ2v) is 6.17. The van der Waals surface area contributed by atoms with Gasteiger partial charge in [0.2, 0.25) is 0 Å². The molecular formula is C17H16N2O2. The van der Waals surface area contributed by atoms with Crippen molar-refractivity contribution < 1.29 is 9.53 Å². The topological polar surface area (TPSA) is 32.8 Å². The zero-order chi connectivity index (χ0) is 14.0. The first-order valence-electron chi connectivity index (χ1n) is 7.50. The van der Waals surface area contributed by atoms with Crippen molar-refractivity contribution in [2.45, 2.75) is 18.6 Å². The van der Waals surface area contributed by atoms with Gasteiger partial charge in [-0.15, -0.1) is 0 Å². The Labute approximate surface area is 122 Å². The van der Waals surface area contributed by atoms with E-state index in [1.807, 2.05) is 23.1 Å². The smallest absolute Gasteiger partial charge is 0.260 e. The molecule has 21 heavy (non-hydrogen) atoms. The fourth-order valence-corrected chi connectivity index (χ4v) is 3.95. The number of anilines is 1. The van der Waals surface area contributed by atoms with E-state index < -0.39 is 0 Å². The highest BCUT2D eigenvalue weighted by molar-refractivity contribution is 6.24. The molecule has 0 saturated carbocycles. The van der Waals surface area contributed by atoms with Gasteiger partial charge >= 0.3 is 0 Å². The first-order chi connectivity index (χ1) is 10.3. The van der Waals surface area contributed by atoms with Gasteiger partial charge in [0.05, 0.1) is 25.1 Å². The van der Waals surface area contributed by atoms with Crippen molar-refractivity contribution in [3.05, 3.63) is 42.0 Å². The molecule has 2 atom stereocenters. The van der Waals surface area contributed by atoms with Crippen LogP contribution in [0.25, 0.3) is 10.8 Å². The molecule has 0 radical (unpaired) electrons. The molecule has 3 aliphatic heterocycles. The van der Waals surface area contributed by atoms with Crippen LogP contribution in [0.15, 0.2) is 36.4 Å². The lowest BCUT2D eigenvalue weighted by atomic mass is 10.1. The summed E-state index contributed by atoms with van der Waals surface area (Å²) in [6.07, 6.45) is 1.48. The zero-order valence-corrected chi connectivity index (χ0v) is 11.7. The van der Waals surface area contributed by atoms with Gasteiger partial charge in [-0.3, -0.25) is 14.6 Å². The molecule has 3 aliphatic rings. The number of fused-ring (bicyclic) bond motifs is 2. The number of hydrogen-bond donors (Lipinski definition) is 0. The van der Waals surface area contributed by atoms with Crippen molar-refractivity contribution in [2.75, 3.05) is 24.7 Å². The lowest BCUT2D eigenvalue weighted by Gasteiger charge is -2.31. The number of likely N-dealkylation sites (tertiary alicyclic amines) is 1. The lowest BCUT2D eigenvalue weighted by molar-refractivity contribution is 0.0305. The first kappa shape index (κ1) is 11.7. The van der Waals surface area contributed by atoms with E-state index in [1.165, 1.54) is 0 Å². The van der Waals surface area contributed by atoms with E-state index in [1.54, 1.807) is 0 Å². The molecule has 2 aromatic rings. The van der Waals surface area contributed by atoms with Gasteiger partial charge in [0.1, 0.15) is 0 Å². The van der Waals surface area contributed by atoms with E-state index in [0.717, 1.165) is 41.6 Å². The van der Waals surface area contributed by atoms with Crippen LogP contribution in [0.3, 0.4) is 0 Å². The molecule has 4 heteroatoms. The minimum absolute atomic E-state index is 0.130. The van der Waals surface area contributed by atoms with E-state index in [-0.39, 0.29) is 5.91 Å². The number of ether oxygens (including phenoxy) is 1. The Morgan fingerprint density at radius 3 is 2.81 bits per heavy atom. The number of amides is 1. The zero-order valence-electron chi connectivity index (χ0n) is 11.7. The van der Waals surface area contributed by atoms with Gasteiger partial charge in [0.25, 0.3) is 5.91 Å². The van der Waals surface area contributed by atoms with Crippen molar-refractivity contribution in [2.24, 2.45) is 0 Å². The number of hydrogen-bond acceptors (Lipinski definition) is 3. The summed E-state index contributed by atoms with van der Waals surface area (Å²) in [6.45, 7) is 2.43. The predicted molar refractivity (Wildman–Crippen MR) is 80.5 cm³/mol. The van der Waals surface area contributed by atoms with Crippen LogP contribution in [0.5, 0.6) is 0 Å². The van der Waals surface area contributed by atoms with Crippen molar-refractivity contribution in [3.63, 3.8) is 0 Å². The van der Waals surface area contributed by atoms with Gasteiger partial charge in [-0.1, -0.05) is 24.3 Å². The van der Waals surface area contributed by atoms with E-state index in [2.05, 4.69) is 23.1 Å². The number of rotatable bonds is 2. The standard InChI is InChI=1S/C17H16N2O2/c20-17-14-5-1-3-11-4-2-6-15(16(11)14)19(17)10-18-8-13-7-12(18)9-21-13/h1-6,12-13H,7-10H2/t12-,13-/m1/s1. The minimum Gasteiger partial charge on any atom is -0.375 e. The predicted octanol–water partition coefficient (Wildman–Crippen LogP) is 2.23. The van der Waals surface area contributed by atoms with Crippen LogP contribution in [0, 0.1) is 0 Å². The second-order valence-electron chi connectivity index (χ2n) is 6.17. The fraction of sp³-hybridized carbons (Fsp3) is 0.353. The van der Waals surface area contributed by atoms with Crippen molar-refractivity contribution in [3.8, 4) is 0 Å². The SMILES string of the molecule is O=C1c2cccc3cccc(c23)N1CN1C[C@H]2C[C@@H]1CO2. The summed E-state index contributed by atoms with van der Waals surface area (Å²) >= 11 is 0. The van der Waals surface area contributed by atoms with Crippen LogP contribution in [0.4, 0.5) is 5.69 Å². The maximum atomic E-state index is 12.7. The van der Waals surface area contributed by atoms with Crippen LogP contribution < -0.4 is 4.90 Å². The Hall–Kier alpha value is -1.91. The molecule has 0 spiro atoms. The Morgan fingerprint density at radius 1 is 1.19 bits per heavy atom. The minimum atomic E-state index is 0.130. The molecule has 0 aliphatic carbocycles. The lowest BCUT2D eigenvalue weighted by Crippen LogP contribution is -2.45. The first-order valence-corrected chi connectivity index (χ1v) is 7.50. The van der Waals surface area contributed by atoms with Gasteiger partial charge < -0.3 is 4.74 Å². The molecule has 2 aromatic carbocycles. The van der Waals surface area contributed by atoms with E-state index in [0.29, 0.717) is 18.8 Å². The van der Waals surface area contributed by atoms with Crippen LogP contribution in [-0.4, -0.2) is 42.8 Å². The maximum absolute atomic E-state index is 12.7. The van der Waals surface area contributed by atoms with Crippen molar-refractivity contribution >= 4 is 22.4 Å². The number of carbonyl (C=O) groups is 1. The van der Waals surface area contributed by atoms with Gasteiger partial charge in [-0.25, -0.2) is 0 Å². The van der Waals surface area contributed by atoms with E-state index >= 15 is 0 Å². The van der Waals surface area contributed by atoms with Gasteiger partial charge in [0.15, 0.2) is 0 Å². The van der Waals surface area contributed by atoms with E-state index in [9.17, 15) is 4.79 Å². The summed E-state index contributed by atoms with van der Waals surface area (Å²) < 4.78 is 5.65. The maximum Gasteiger partial charge on any atom is 0.260 e. The summed E-state index contributed by atoms with van der Waals surface area (Å²) in [5, 5.41) is 2.25. The summed E-state index contributed by atoms with van der Waals surface area (Å²) in [6, 6.07) is 12.6. The molecule has 106 valence electrons. The van der Waals surface area contributed by atoms with Crippen LogP contribution >= 0.6 is 0 Å². The second kappa shape index (κ2) is 4.06. The van der Waals surface area contributed by atoms with E-state index in [4.69, 9.17) is 4.74 Å². The Bertz CT molecular complexity index is 752. The molecule has 2 fully saturated rings. The molecule has 2 saturated heterocycles. The third-order valence-electron chi connectivity index (χ3n) is 4.99. The third kappa shape index (κ3) is 1.54. The average Bonchev–Trinajstić information content (AvgIpc) is 3.19. The average molecular weight is 280 g/mol. The fourth-order valence-electron chi connectivity index (χ4n) is 3.95. The van der Waals surface area contributed by atoms with Gasteiger partial charge in [0, 0.05) is 23.5 Å². The molecule has 3 heterocycles. The molecule has 0 aromatic heterocycles. The largest absolute Gasteiger partial charge is 0.375 e. The van der Waals surface area contributed by atoms with Crippen LogP contribution in [0.2, 0.25) is 0 Å². The third-order valence-corrected chi connectivity index (χ3v) is 4.99. The Morgan fingerprint density at radius 2 is 2.05 bits per heavy atom. The Kier molecular flexibility index (Phi) is 2.26. The molecule has 2 bridgehead atoms. The molecule has 4 nitrogen and oxygen atoms in total. The Balaban J connectivity index is 1.55. The number of morpholine rings is 1. The summed E-state index contributed by atoms with van der Waals surface area (Å²) in [4.78, 5) is 17.1. The number of benzene rings is 2. The monoisotopic (exact) mass is 280 g/mol. The summed E-state index contributed by atoms with van der Waals surface area (Å²) in [5.74, 6) is 0.130. The summed E-state index contributed by atoms with van der Waals surface area (Å²) in [5.41, 5.74) is 1.89. The van der Waals surface area contributed by atoms with Crippen molar-refractivity contribution in [1.82, 2.24) is 4.90 Å². The van der Waals surface area contributed by atoms with Crippen LogP contribution in [0.1, 0.15) is 16.8 Å². The van der Waals surface area contributed by atoms with Crippen molar-refractivity contribution in [1.29, 1.82) is 0 Å². The molecule has 1 amide bonds. The van der Waals surface area contributed by atoms with Crippen LogP contribution in [-0.2, 0) is 4.74 Å².